The van der Waals surface area contributed by atoms with Crippen molar-refractivity contribution in [3.8, 4) is 0 Å². The first-order valence-corrected chi connectivity index (χ1v) is 12.3. The van der Waals surface area contributed by atoms with Gasteiger partial charge in [-0.25, -0.2) is 4.99 Å². The lowest BCUT2D eigenvalue weighted by molar-refractivity contribution is -0.122. The van der Waals surface area contributed by atoms with Crippen molar-refractivity contribution < 1.29 is 4.79 Å². The number of hydrogen-bond acceptors (Lipinski definition) is 4. The highest BCUT2D eigenvalue weighted by atomic mass is 32.2. The molecule has 0 radical (unpaired) electrons. The topological polar surface area (TPSA) is 35.9 Å². The van der Waals surface area contributed by atoms with E-state index in [-0.39, 0.29) is 11.4 Å². The van der Waals surface area contributed by atoms with E-state index in [1.165, 1.54) is 28.6 Å². The molecule has 168 valence electrons. The Morgan fingerprint density at radius 2 is 1.94 bits per heavy atom. The van der Waals surface area contributed by atoms with Gasteiger partial charge in [0.15, 0.2) is 5.17 Å². The molecule has 1 amide bonds. The van der Waals surface area contributed by atoms with Crippen LogP contribution in [0.5, 0.6) is 0 Å². The molecular weight excluding hydrogens is 414 g/mol. The van der Waals surface area contributed by atoms with Crippen LogP contribution in [0, 0.1) is 6.92 Å². The Morgan fingerprint density at radius 1 is 1.22 bits per heavy atom. The van der Waals surface area contributed by atoms with E-state index in [2.05, 4.69) is 64.8 Å². The summed E-state index contributed by atoms with van der Waals surface area (Å²) in [5.74, 6) is 0.530. The summed E-state index contributed by atoms with van der Waals surface area (Å²) >= 11 is 1.48. The third-order valence-electron chi connectivity index (χ3n) is 6.62. The summed E-state index contributed by atoms with van der Waals surface area (Å²) in [5.41, 5.74) is 5.99. The predicted molar refractivity (Wildman–Crippen MR) is 138 cm³/mol. The fourth-order valence-electron chi connectivity index (χ4n) is 4.66. The monoisotopic (exact) mass is 447 g/mol. The van der Waals surface area contributed by atoms with Gasteiger partial charge in [0.25, 0.3) is 5.91 Å². The lowest BCUT2D eigenvalue weighted by Gasteiger charge is -2.45. The molecule has 2 aromatic rings. The summed E-state index contributed by atoms with van der Waals surface area (Å²) in [7, 11) is 2.19. The van der Waals surface area contributed by atoms with Crippen LogP contribution in [0.2, 0.25) is 0 Å². The molecule has 0 bridgehead atoms. The van der Waals surface area contributed by atoms with Crippen molar-refractivity contribution in [1.29, 1.82) is 0 Å². The Kier molecular flexibility index (Phi) is 6.22. The second kappa shape index (κ2) is 8.78. The van der Waals surface area contributed by atoms with E-state index < -0.39 is 0 Å². The smallest absolute Gasteiger partial charge is 0.266 e. The average molecular weight is 448 g/mol. The van der Waals surface area contributed by atoms with Gasteiger partial charge >= 0.3 is 0 Å². The number of aryl methyl sites for hydroxylation is 1. The van der Waals surface area contributed by atoms with E-state index in [4.69, 9.17) is 4.99 Å². The number of hydrogen-bond donors (Lipinski definition) is 0. The van der Waals surface area contributed by atoms with Crippen molar-refractivity contribution in [2.24, 2.45) is 4.99 Å². The average Bonchev–Trinajstić information content (AvgIpc) is 3.03. The Balaban J connectivity index is 1.72. The van der Waals surface area contributed by atoms with Gasteiger partial charge in [0.05, 0.1) is 10.6 Å². The first kappa shape index (κ1) is 22.7. The second-order valence-electron chi connectivity index (χ2n) is 9.54. The van der Waals surface area contributed by atoms with Gasteiger partial charge in [0.2, 0.25) is 0 Å². The fraction of sp³-hybridized carbons (Fsp3) is 0.407. The molecule has 4 rings (SSSR count). The zero-order valence-electron chi connectivity index (χ0n) is 20.0. The highest BCUT2D eigenvalue weighted by Crippen LogP contribution is 2.44. The Bertz CT molecular complexity index is 1090. The van der Waals surface area contributed by atoms with Crippen LogP contribution in [0.1, 0.15) is 63.1 Å². The molecule has 1 fully saturated rings. The molecule has 32 heavy (non-hydrogen) atoms. The van der Waals surface area contributed by atoms with Crippen LogP contribution in [0.15, 0.2) is 52.4 Å². The van der Waals surface area contributed by atoms with Crippen molar-refractivity contribution >= 4 is 40.3 Å². The number of rotatable bonds is 4. The molecule has 2 aliphatic heterocycles. The molecule has 0 aromatic heterocycles. The number of thioether (sulfide) groups is 1. The first-order chi connectivity index (χ1) is 15.2. The van der Waals surface area contributed by atoms with E-state index in [1.807, 2.05) is 35.2 Å². The van der Waals surface area contributed by atoms with Crippen molar-refractivity contribution in [2.45, 2.75) is 58.9 Å². The number of para-hydroxylation sites is 1. The van der Waals surface area contributed by atoms with E-state index >= 15 is 0 Å². The van der Waals surface area contributed by atoms with Gasteiger partial charge in [-0.05, 0) is 98.3 Å². The maximum absolute atomic E-state index is 13.2. The molecule has 1 atom stereocenters. The van der Waals surface area contributed by atoms with E-state index in [0.717, 1.165) is 34.2 Å². The number of fused-ring (bicyclic) bond motifs is 1. The molecule has 1 saturated heterocycles. The van der Waals surface area contributed by atoms with Crippen molar-refractivity contribution in [1.82, 2.24) is 4.90 Å². The van der Waals surface area contributed by atoms with Crippen LogP contribution in [0.3, 0.4) is 0 Å². The lowest BCUT2D eigenvalue weighted by atomic mass is 9.79. The van der Waals surface area contributed by atoms with Crippen LogP contribution in [-0.2, 0) is 4.79 Å². The summed E-state index contributed by atoms with van der Waals surface area (Å²) in [6.45, 7) is 11.8. The second-order valence-corrected chi connectivity index (χ2v) is 10.6. The normalized spacial score (nSPS) is 22.7. The molecule has 1 unspecified atom stereocenters. The zero-order valence-corrected chi connectivity index (χ0v) is 20.8. The van der Waals surface area contributed by atoms with Gasteiger partial charge in [-0.2, -0.15) is 0 Å². The van der Waals surface area contributed by atoms with E-state index in [9.17, 15) is 4.79 Å². The zero-order chi connectivity index (χ0) is 23.0. The van der Waals surface area contributed by atoms with E-state index in [0.29, 0.717) is 12.5 Å². The molecular formula is C27H33N3OS. The molecule has 4 nitrogen and oxygen atoms in total. The number of benzene rings is 2. The van der Waals surface area contributed by atoms with Crippen molar-refractivity contribution in [3.05, 3.63) is 64.1 Å². The Hall–Kier alpha value is -2.53. The number of nitrogens with zero attached hydrogens (tertiary/aromatic N) is 3. The minimum absolute atomic E-state index is 0.0509. The number of carbonyl (C=O) groups excluding carboxylic acids is 1. The number of amides is 1. The highest BCUT2D eigenvalue weighted by Gasteiger charge is 2.35. The van der Waals surface area contributed by atoms with Crippen molar-refractivity contribution in [2.75, 3.05) is 18.5 Å². The lowest BCUT2D eigenvalue weighted by Crippen LogP contribution is -2.45. The van der Waals surface area contributed by atoms with Gasteiger partial charge in [-0.3, -0.25) is 9.69 Å². The van der Waals surface area contributed by atoms with Crippen LogP contribution in [-0.4, -0.2) is 35.1 Å². The number of amidine groups is 1. The molecule has 0 spiro atoms. The minimum Gasteiger partial charge on any atom is -0.369 e. The van der Waals surface area contributed by atoms with Gasteiger partial charge in [-0.1, -0.05) is 32.0 Å². The third-order valence-corrected chi connectivity index (χ3v) is 7.63. The SMILES string of the molecule is CCCN1C(=O)/C(=C\c2cc3c(cc2C)N(C)C(C)(C)CC3C)SC1=Nc1ccccc1. The molecule has 2 aromatic carbocycles. The molecule has 2 heterocycles. The molecule has 2 aliphatic rings. The number of anilines is 1. The summed E-state index contributed by atoms with van der Waals surface area (Å²) in [4.78, 5) is 23.0. The maximum atomic E-state index is 13.2. The maximum Gasteiger partial charge on any atom is 0.266 e. The summed E-state index contributed by atoms with van der Waals surface area (Å²) in [5, 5.41) is 0.764. The van der Waals surface area contributed by atoms with Gasteiger partial charge in [0, 0.05) is 24.8 Å². The van der Waals surface area contributed by atoms with Crippen LogP contribution in [0.4, 0.5) is 11.4 Å². The molecule has 0 N–H and O–H groups in total. The van der Waals surface area contributed by atoms with Crippen LogP contribution >= 0.6 is 11.8 Å². The van der Waals surface area contributed by atoms with Gasteiger partial charge in [-0.15, -0.1) is 0 Å². The summed E-state index contributed by atoms with van der Waals surface area (Å²) in [6, 6.07) is 14.4. The standard InChI is InChI=1S/C27H33N3OS/c1-7-13-30-25(31)24(32-26(30)28-21-11-9-8-10-12-21)16-20-15-22-19(3)17-27(4,5)29(6)23(22)14-18(20)2/h8-12,14-16,19H,7,13,17H2,1-6H3/b24-16+,28-26?. The highest BCUT2D eigenvalue weighted by molar-refractivity contribution is 8.18. The fourth-order valence-corrected chi connectivity index (χ4v) is 5.67. The number of aliphatic imine (C=N–C) groups is 1. The van der Waals surface area contributed by atoms with Crippen molar-refractivity contribution in [3.63, 3.8) is 0 Å². The first-order valence-electron chi connectivity index (χ1n) is 11.4. The quantitative estimate of drug-likeness (QED) is 0.487. The van der Waals surface area contributed by atoms with Crippen LogP contribution in [0.25, 0.3) is 6.08 Å². The Morgan fingerprint density at radius 3 is 2.62 bits per heavy atom. The van der Waals surface area contributed by atoms with Crippen LogP contribution < -0.4 is 4.90 Å². The summed E-state index contributed by atoms with van der Waals surface area (Å²) < 4.78 is 0. The predicted octanol–water partition coefficient (Wildman–Crippen LogP) is 6.73. The molecule has 0 aliphatic carbocycles. The minimum atomic E-state index is 0.0509. The van der Waals surface area contributed by atoms with Gasteiger partial charge in [0.1, 0.15) is 0 Å². The summed E-state index contributed by atoms with van der Waals surface area (Å²) in [6.07, 6.45) is 4.07. The molecule has 0 saturated carbocycles. The number of carbonyl (C=O) groups is 1. The van der Waals surface area contributed by atoms with Gasteiger partial charge < -0.3 is 4.90 Å². The largest absolute Gasteiger partial charge is 0.369 e. The van der Waals surface area contributed by atoms with E-state index in [1.54, 1.807) is 0 Å². The molecule has 5 heteroatoms. The Labute approximate surface area is 196 Å². The third kappa shape index (κ3) is 4.23.